The minimum Gasteiger partial charge on any atom is -0.493 e. The van der Waals surface area contributed by atoms with Crippen molar-refractivity contribution < 1.29 is 4.74 Å². The van der Waals surface area contributed by atoms with Gasteiger partial charge in [-0.2, -0.15) is 0 Å². The van der Waals surface area contributed by atoms with Crippen molar-refractivity contribution in [1.29, 1.82) is 0 Å². The summed E-state index contributed by atoms with van der Waals surface area (Å²) in [5.41, 5.74) is 2.52. The maximum atomic E-state index is 5.50. The van der Waals surface area contributed by atoms with E-state index in [-0.39, 0.29) is 0 Å². The lowest BCUT2D eigenvalue weighted by Gasteiger charge is -2.08. The summed E-state index contributed by atoms with van der Waals surface area (Å²) in [4.78, 5) is 8.27. The van der Waals surface area contributed by atoms with E-state index in [4.69, 9.17) is 4.74 Å². The largest absolute Gasteiger partial charge is 0.493 e. The molecule has 0 saturated heterocycles. The van der Waals surface area contributed by atoms with E-state index in [0.717, 1.165) is 37.0 Å². The first-order chi connectivity index (χ1) is 9.35. The van der Waals surface area contributed by atoms with Gasteiger partial charge < -0.3 is 15.4 Å². The van der Waals surface area contributed by atoms with Gasteiger partial charge in [-0.1, -0.05) is 12.1 Å². The lowest BCUT2D eigenvalue weighted by atomic mass is 10.1. The van der Waals surface area contributed by atoms with Gasteiger partial charge in [0, 0.05) is 26.1 Å². The van der Waals surface area contributed by atoms with Crippen molar-refractivity contribution >= 4 is 11.6 Å². The molecule has 0 spiro atoms. The van der Waals surface area contributed by atoms with Crippen LogP contribution in [0, 0.1) is 0 Å². The zero-order chi connectivity index (χ0) is 13.1. The average Bonchev–Trinajstić information content (AvgIpc) is 2.93. The zero-order valence-corrected chi connectivity index (χ0v) is 10.8. The first-order valence-electron chi connectivity index (χ1n) is 6.33. The third-order valence-electron chi connectivity index (χ3n) is 3.15. The summed E-state index contributed by atoms with van der Waals surface area (Å²) < 4.78 is 5.50. The van der Waals surface area contributed by atoms with Crippen molar-refractivity contribution in [2.45, 2.75) is 13.0 Å². The second-order valence-electron chi connectivity index (χ2n) is 4.43. The van der Waals surface area contributed by atoms with Crippen LogP contribution in [0.4, 0.5) is 11.6 Å². The maximum absolute atomic E-state index is 5.50. The molecular weight excluding hydrogens is 240 g/mol. The normalized spacial score (nSPS) is 12.7. The van der Waals surface area contributed by atoms with Gasteiger partial charge in [0.15, 0.2) is 0 Å². The van der Waals surface area contributed by atoms with Crippen LogP contribution in [0.15, 0.2) is 30.6 Å². The Morgan fingerprint density at radius 3 is 3.00 bits per heavy atom. The molecule has 0 fully saturated rings. The van der Waals surface area contributed by atoms with Crippen molar-refractivity contribution in [2.24, 2.45) is 0 Å². The summed E-state index contributed by atoms with van der Waals surface area (Å²) in [5, 5.41) is 6.29. The highest BCUT2D eigenvalue weighted by atomic mass is 16.5. The fraction of sp³-hybridized carbons (Fsp3) is 0.286. The van der Waals surface area contributed by atoms with E-state index in [1.165, 1.54) is 11.1 Å². The van der Waals surface area contributed by atoms with E-state index < -0.39 is 0 Å². The van der Waals surface area contributed by atoms with Crippen LogP contribution >= 0.6 is 0 Å². The average molecular weight is 256 g/mol. The lowest BCUT2D eigenvalue weighted by Crippen LogP contribution is -2.03. The molecule has 1 aliphatic heterocycles. The van der Waals surface area contributed by atoms with E-state index in [1.807, 2.05) is 19.2 Å². The molecule has 3 rings (SSSR count). The molecule has 0 bridgehead atoms. The summed E-state index contributed by atoms with van der Waals surface area (Å²) in [6.45, 7) is 1.54. The number of rotatable bonds is 4. The molecule has 1 aliphatic rings. The third kappa shape index (κ3) is 2.59. The summed E-state index contributed by atoms with van der Waals surface area (Å²) in [5.74, 6) is 2.64. The number of anilines is 2. The van der Waals surface area contributed by atoms with Crippen LogP contribution in [0.5, 0.6) is 5.75 Å². The Labute approximate surface area is 112 Å². The first kappa shape index (κ1) is 11.8. The van der Waals surface area contributed by atoms with Crippen LogP contribution < -0.4 is 15.4 Å². The number of hydrogen-bond donors (Lipinski definition) is 2. The van der Waals surface area contributed by atoms with Gasteiger partial charge in [0.1, 0.15) is 23.7 Å². The Morgan fingerprint density at radius 1 is 1.21 bits per heavy atom. The molecule has 0 unspecified atom stereocenters. The van der Waals surface area contributed by atoms with Gasteiger partial charge in [-0.25, -0.2) is 9.97 Å². The molecule has 5 nitrogen and oxygen atoms in total. The van der Waals surface area contributed by atoms with Gasteiger partial charge in [-0.05, 0) is 17.2 Å². The summed E-state index contributed by atoms with van der Waals surface area (Å²) in [6, 6.07) is 8.20. The highest BCUT2D eigenvalue weighted by molar-refractivity contribution is 5.47. The Balaban J connectivity index is 1.68. The van der Waals surface area contributed by atoms with Gasteiger partial charge in [0.25, 0.3) is 0 Å². The second kappa shape index (κ2) is 5.14. The zero-order valence-electron chi connectivity index (χ0n) is 10.8. The van der Waals surface area contributed by atoms with E-state index in [0.29, 0.717) is 0 Å². The molecular formula is C14H16N4O. The second-order valence-corrected chi connectivity index (χ2v) is 4.43. The van der Waals surface area contributed by atoms with Gasteiger partial charge in [-0.3, -0.25) is 0 Å². The Bertz CT molecular complexity index is 585. The van der Waals surface area contributed by atoms with E-state index in [1.54, 1.807) is 6.33 Å². The van der Waals surface area contributed by atoms with E-state index in [9.17, 15) is 0 Å². The molecule has 0 amide bonds. The van der Waals surface area contributed by atoms with Crippen molar-refractivity contribution in [3.05, 3.63) is 41.7 Å². The number of fused-ring (bicyclic) bond motifs is 1. The number of aromatic nitrogens is 2. The number of ether oxygens (including phenoxy) is 1. The standard InChI is InChI=1S/C14H16N4O/c1-15-13-7-14(18-9-17-13)16-8-10-2-3-12-11(6-10)4-5-19-12/h2-3,6-7,9H,4-5,8H2,1H3,(H2,15,16,17,18). The van der Waals surface area contributed by atoms with Crippen LogP contribution in [-0.2, 0) is 13.0 Å². The highest BCUT2D eigenvalue weighted by Gasteiger charge is 2.11. The van der Waals surface area contributed by atoms with Gasteiger partial charge in [0.2, 0.25) is 0 Å². The molecule has 5 heteroatoms. The third-order valence-corrected chi connectivity index (χ3v) is 3.15. The molecule has 98 valence electrons. The molecule has 0 atom stereocenters. The fourth-order valence-electron chi connectivity index (χ4n) is 2.13. The predicted octanol–water partition coefficient (Wildman–Crippen LogP) is 2.07. The topological polar surface area (TPSA) is 59.1 Å². The molecule has 0 saturated carbocycles. The fourth-order valence-corrected chi connectivity index (χ4v) is 2.13. The SMILES string of the molecule is CNc1cc(NCc2ccc3c(c2)CCO3)ncn1. The molecule has 2 heterocycles. The van der Waals surface area contributed by atoms with Crippen LogP contribution in [-0.4, -0.2) is 23.6 Å². The van der Waals surface area contributed by atoms with E-state index >= 15 is 0 Å². The molecule has 0 radical (unpaired) electrons. The number of nitrogens with one attached hydrogen (secondary N) is 2. The minimum atomic E-state index is 0.743. The number of benzene rings is 1. The van der Waals surface area contributed by atoms with Gasteiger partial charge in [-0.15, -0.1) is 0 Å². The maximum Gasteiger partial charge on any atom is 0.131 e. The molecule has 2 aromatic rings. The molecule has 2 N–H and O–H groups in total. The Morgan fingerprint density at radius 2 is 2.11 bits per heavy atom. The van der Waals surface area contributed by atoms with Crippen LogP contribution in [0.25, 0.3) is 0 Å². The van der Waals surface area contributed by atoms with Crippen molar-refractivity contribution in [1.82, 2.24) is 9.97 Å². The molecule has 1 aromatic carbocycles. The summed E-state index contributed by atoms with van der Waals surface area (Å²) in [6.07, 6.45) is 2.55. The lowest BCUT2D eigenvalue weighted by molar-refractivity contribution is 0.357. The van der Waals surface area contributed by atoms with E-state index in [2.05, 4.69) is 32.7 Å². The molecule has 19 heavy (non-hydrogen) atoms. The molecule has 1 aromatic heterocycles. The Kier molecular flexibility index (Phi) is 3.18. The van der Waals surface area contributed by atoms with Gasteiger partial charge >= 0.3 is 0 Å². The highest BCUT2D eigenvalue weighted by Crippen LogP contribution is 2.26. The molecule has 0 aliphatic carbocycles. The van der Waals surface area contributed by atoms with Crippen molar-refractivity contribution in [3.63, 3.8) is 0 Å². The summed E-state index contributed by atoms with van der Waals surface area (Å²) >= 11 is 0. The quantitative estimate of drug-likeness (QED) is 0.877. The van der Waals surface area contributed by atoms with Crippen LogP contribution in [0.3, 0.4) is 0 Å². The Hall–Kier alpha value is -2.30. The summed E-state index contributed by atoms with van der Waals surface area (Å²) in [7, 11) is 1.84. The van der Waals surface area contributed by atoms with Crippen LogP contribution in [0.1, 0.15) is 11.1 Å². The van der Waals surface area contributed by atoms with Crippen LogP contribution in [0.2, 0.25) is 0 Å². The monoisotopic (exact) mass is 256 g/mol. The smallest absolute Gasteiger partial charge is 0.131 e. The van der Waals surface area contributed by atoms with Crippen molar-refractivity contribution in [3.8, 4) is 5.75 Å². The minimum absolute atomic E-state index is 0.743. The van der Waals surface area contributed by atoms with Crippen molar-refractivity contribution in [2.75, 3.05) is 24.3 Å². The first-order valence-corrected chi connectivity index (χ1v) is 6.33. The predicted molar refractivity (Wildman–Crippen MR) is 74.5 cm³/mol. The number of hydrogen-bond acceptors (Lipinski definition) is 5. The van der Waals surface area contributed by atoms with Gasteiger partial charge in [0.05, 0.1) is 6.61 Å². The number of nitrogens with zero attached hydrogens (tertiary/aromatic N) is 2.